The molecule has 436 valence electrons. The summed E-state index contributed by atoms with van der Waals surface area (Å²) in [7, 11) is 5.14. The molecule has 0 spiro atoms. The third-order valence-corrected chi connectivity index (χ3v) is 24.3. The van der Waals surface area contributed by atoms with E-state index in [4.69, 9.17) is 0 Å². The van der Waals surface area contributed by atoms with Gasteiger partial charge in [0.1, 0.15) is 0 Å². The zero-order chi connectivity index (χ0) is 60.9. The van der Waals surface area contributed by atoms with Gasteiger partial charge in [0.2, 0.25) is 11.8 Å². The van der Waals surface area contributed by atoms with Gasteiger partial charge in [-0.05, 0) is 48.7 Å². The topological polar surface area (TPSA) is 152 Å². The van der Waals surface area contributed by atoms with E-state index in [0.717, 1.165) is 54.9 Å². The summed E-state index contributed by atoms with van der Waals surface area (Å²) in [5.74, 6) is 4.67. The van der Waals surface area contributed by atoms with Crippen LogP contribution in [0.15, 0.2) is 180 Å². The number of carbonyl (C=O) groups is 2. The molecule has 0 radical (unpaired) electrons. The van der Waals surface area contributed by atoms with Crippen molar-refractivity contribution in [2.45, 2.75) is 71.3 Å². The van der Waals surface area contributed by atoms with Gasteiger partial charge in [-0.25, -0.2) is 0 Å². The van der Waals surface area contributed by atoms with Gasteiger partial charge >= 0.3 is 272 Å². The number of allylic oxidation sites excluding steroid dienone is 5. The van der Waals surface area contributed by atoms with E-state index < -0.39 is 27.5 Å². The van der Waals surface area contributed by atoms with E-state index in [1.165, 1.54) is 48.0 Å². The first kappa shape index (κ1) is 62.1. The van der Waals surface area contributed by atoms with Crippen molar-refractivity contribution in [3.63, 3.8) is 0 Å². The zero-order valence-electron chi connectivity index (χ0n) is 50.9. The van der Waals surface area contributed by atoms with Crippen LogP contribution in [0.2, 0.25) is 11.5 Å². The Bertz CT molecular complexity index is 3880. The molecule has 6 N–H and O–H groups in total. The SMILES string of the molecule is C=C(C)C(=O)NCCCN(Cc1ccccc1B(O)O)Cc1c2ccccc2c(CN(CCCNC(=O)C(=C)C)Cc2ccccc2B(O)O)c2cc(-c3ccc(C)c(C4=C5C=CC(=[N+](C)C)C=[C]5[Ge]([CH3])([CH3])[c]5cc(N(C)C)ccc54)c3)ccc12. The van der Waals surface area contributed by atoms with Crippen LogP contribution < -0.4 is 30.9 Å². The van der Waals surface area contributed by atoms with Gasteiger partial charge in [-0.15, -0.1) is 0 Å². The second kappa shape index (κ2) is 26.9. The van der Waals surface area contributed by atoms with Crippen molar-refractivity contribution in [2.24, 2.45) is 0 Å². The molecule has 1 heterocycles. The van der Waals surface area contributed by atoms with Crippen LogP contribution in [-0.4, -0.2) is 134 Å². The van der Waals surface area contributed by atoms with Crippen LogP contribution in [-0.2, 0) is 35.8 Å². The van der Waals surface area contributed by atoms with Crippen LogP contribution in [0.25, 0.3) is 38.2 Å². The molecule has 0 atom stereocenters. The minimum atomic E-state index is -2.89. The van der Waals surface area contributed by atoms with Crippen molar-refractivity contribution in [3.05, 3.63) is 219 Å². The molecule has 0 unspecified atom stereocenters. The fourth-order valence-corrected chi connectivity index (χ4v) is 18.6. The standard InChI is InChI=1S/C70H80B2GeN6O6/c1-46(2)69(80)74-34-18-36-78(42-51-20-12-16-24-64(51)71(82)83)44-62-55-22-14-15-23-56(55)63(45-79(37-19-35-75-70(81)47(3)4)43-52-21-13-17-25-65(52)72(84)85)61-39-50(28-31-57(61)62)49-27-26-48(5)60(38-49)68-58-32-29-53(76(8)9)40-66(58)73(6,7)67-41-54(77(10)11)30-33-59(67)68/h12-17,20-33,38-41,82-85H,1,3,18-19,34-37,42-45H2,2,4-11H3,(H-,74,75,80,81)/p+1. The summed E-state index contributed by atoms with van der Waals surface area (Å²) in [4.78, 5) is 32.2. The van der Waals surface area contributed by atoms with Crippen molar-refractivity contribution in [1.29, 1.82) is 0 Å². The number of hydrogen-bond donors (Lipinski definition) is 6. The summed E-state index contributed by atoms with van der Waals surface area (Å²) >= 11 is -2.89. The molecule has 1 aliphatic heterocycles. The summed E-state index contributed by atoms with van der Waals surface area (Å²) in [6.45, 7) is 17.1. The van der Waals surface area contributed by atoms with E-state index in [1.54, 1.807) is 26.0 Å². The molecule has 7 aromatic carbocycles. The number of amides is 2. The molecule has 2 amide bonds. The Balaban J connectivity index is 1.24. The van der Waals surface area contributed by atoms with Crippen molar-refractivity contribution in [3.8, 4) is 11.1 Å². The first-order chi connectivity index (χ1) is 40.6. The van der Waals surface area contributed by atoms with E-state index in [9.17, 15) is 29.7 Å². The van der Waals surface area contributed by atoms with E-state index in [0.29, 0.717) is 87.3 Å². The fourth-order valence-electron chi connectivity index (χ4n) is 12.1. The van der Waals surface area contributed by atoms with E-state index in [-0.39, 0.29) is 11.8 Å². The number of anilines is 1. The predicted molar refractivity (Wildman–Crippen MR) is 356 cm³/mol. The van der Waals surface area contributed by atoms with Crippen LogP contribution in [0.5, 0.6) is 0 Å². The summed E-state index contributed by atoms with van der Waals surface area (Å²) in [6.07, 6.45) is 8.30. The van der Waals surface area contributed by atoms with E-state index in [2.05, 4.69) is 187 Å². The van der Waals surface area contributed by atoms with Crippen molar-refractivity contribution < 1.29 is 34.3 Å². The molecule has 9 rings (SSSR count). The van der Waals surface area contributed by atoms with Gasteiger partial charge in [0, 0.05) is 50.4 Å². The molecular formula is C70H81B2GeN6O6+. The van der Waals surface area contributed by atoms with Crippen LogP contribution in [0.1, 0.15) is 65.6 Å². The molecule has 2 aliphatic rings. The first-order valence-corrected chi connectivity index (χ1v) is 35.7. The molecule has 7 aromatic rings. The van der Waals surface area contributed by atoms with Gasteiger partial charge in [-0.2, -0.15) is 0 Å². The molecule has 12 nitrogen and oxygen atoms in total. The number of carbonyl (C=O) groups excluding carboxylic acids is 2. The molecule has 0 saturated carbocycles. The third kappa shape index (κ3) is 13.8. The monoisotopic (exact) mass is 1200 g/mol. The van der Waals surface area contributed by atoms with Crippen molar-refractivity contribution >= 4 is 93.2 Å². The Labute approximate surface area is 505 Å². The van der Waals surface area contributed by atoms with Gasteiger partial charge < -0.3 is 30.7 Å². The number of fused-ring (bicyclic) bond motifs is 4. The van der Waals surface area contributed by atoms with Crippen molar-refractivity contribution in [2.75, 3.05) is 59.3 Å². The van der Waals surface area contributed by atoms with Crippen LogP contribution >= 0.6 is 0 Å². The summed E-state index contributed by atoms with van der Waals surface area (Å²) < 4.78 is 5.13. The maximum absolute atomic E-state index is 12.7. The third-order valence-electron chi connectivity index (χ3n) is 16.9. The summed E-state index contributed by atoms with van der Waals surface area (Å²) in [6, 6.07) is 44.2. The number of benzene rings is 7. The Hall–Kier alpha value is -7.40. The average Bonchev–Trinajstić information content (AvgIpc) is 1.00. The van der Waals surface area contributed by atoms with Crippen LogP contribution in [0, 0.1) is 6.92 Å². The molecule has 0 aromatic heterocycles. The van der Waals surface area contributed by atoms with Crippen molar-refractivity contribution in [1.82, 2.24) is 20.4 Å². The van der Waals surface area contributed by atoms with Gasteiger partial charge in [-0.1, -0.05) is 79.9 Å². The number of hydrogen-bond acceptors (Lipinski definition) is 9. The Kier molecular flexibility index (Phi) is 19.7. The second-order valence-corrected chi connectivity index (χ2v) is 33.0. The van der Waals surface area contributed by atoms with E-state index >= 15 is 0 Å². The minimum absolute atomic E-state index is 0.193. The number of rotatable bonds is 23. The Morgan fingerprint density at radius 2 is 1.11 bits per heavy atom. The molecule has 0 saturated heterocycles. The summed E-state index contributed by atoms with van der Waals surface area (Å²) in [5, 5.41) is 52.7. The number of nitrogens with one attached hydrogen (secondary N) is 2. The average molecular weight is 1200 g/mol. The second-order valence-electron chi connectivity index (χ2n) is 23.9. The van der Waals surface area contributed by atoms with Crippen LogP contribution in [0.4, 0.5) is 5.69 Å². The number of aryl methyl sites for hydroxylation is 1. The predicted octanol–water partition coefficient (Wildman–Crippen LogP) is 8.04. The normalized spacial score (nSPS) is 13.4. The fraction of sp³-hybridized carbons (Fsp3) is 0.271. The maximum atomic E-state index is 12.7. The Morgan fingerprint density at radius 1 is 0.600 bits per heavy atom. The summed E-state index contributed by atoms with van der Waals surface area (Å²) in [5.41, 5.74) is 16.3. The zero-order valence-corrected chi connectivity index (χ0v) is 53.0. The van der Waals surface area contributed by atoms with Gasteiger partial charge in [0.25, 0.3) is 0 Å². The van der Waals surface area contributed by atoms with Gasteiger partial charge in [0.05, 0.1) is 0 Å². The first-order valence-electron chi connectivity index (χ1n) is 29.4. The van der Waals surface area contributed by atoms with E-state index in [1.807, 2.05) is 36.4 Å². The number of nitrogens with zero attached hydrogens (tertiary/aromatic N) is 4. The Morgan fingerprint density at radius 3 is 1.64 bits per heavy atom. The van der Waals surface area contributed by atoms with Gasteiger partial charge in [0.15, 0.2) is 0 Å². The van der Waals surface area contributed by atoms with Crippen LogP contribution in [0.3, 0.4) is 0 Å². The molecule has 1 aliphatic carbocycles. The molecular weight excluding hydrogens is 1120 g/mol. The molecule has 0 fully saturated rings. The molecule has 85 heavy (non-hydrogen) atoms. The molecule has 0 bridgehead atoms. The quantitative estimate of drug-likeness (QED) is 0.0123. The van der Waals surface area contributed by atoms with Gasteiger partial charge in [-0.3, -0.25) is 14.5 Å². The molecule has 15 heteroatoms.